The minimum Gasteiger partial charge on any atom is -0.344 e. The fraction of sp³-hybridized carbons (Fsp3) is 0.552. The molecule has 0 aliphatic carbocycles. The number of likely N-dealkylation sites (tertiary alicyclic amines) is 1. The zero-order valence-electron chi connectivity index (χ0n) is 24.0. The molecule has 0 aromatic heterocycles. The van der Waals surface area contributed by atoms with E-state index in [2.05, 4.69) is 21.7 Å². The third-order valence-corrected chi connectivity index (χ3v) is 8.03. The Morgan fingerprint density at radius 3 is 1.84 bits per heavy atom. The molecular weight excluding hydrogens is 641 g/mol. The number of likely N-dealkylation sites (N-methyl/N-ethyl adjacent to an activating group) is 2. The summed E-state index contributed by atoms with van der Waals surface area (Å²) < 4.78 is 79.7. The van der Waals surface area contributed by atoms with Gasteiger partial charge in [0.25, 0.3) is 0 Å². The lowest BCUT2D eigenvalue weighted by molar-refractivity contribution is -0.143. The molecule has 5 nitrogen and oxygen atoms in total. The van der Waals surface area contributed by atoms with Gasteiger partial charge in [0.15, 0.2) is 0 Å². The van der Waals surface area contributed by atoms with E-state index in [9.17, 15) is 31.1 Å². The molecule has 2 saturated heterocycles. The monoisotopic (exact) mass is 678 g/mol. The van der Waals surface area contributed by atoms with Crippen LogP contribution in [0.3, 0.4) is 0 Å². The lowest BCUT2D eigenvalue weighted by atomic mass is 9.96. The van der Waals surface area contributed by atoms with Gasteiger partial charge in [0.2, 0.25) is 5.91 Å². The molecule has 2 aromatic carbocycles. The summed E-state index contributed by atoms with van der Waals surface area (Å²) >= 11 is 0. The van der Waals surface area contributed by atoms with Crippen LogP contribution < -0.4 is 0 Å². The van der Waals surface area contributed by atoms with Gasteiger partial charge in [-0.05, 0) is 55.6 Å². The maximum atomic E-state index is 13.7. The highest BCUT2D eigenvalue weighted by Gasteiger charge is 2.38. The summed E-state index contributed by atoms with van der Waals surface area (Å²) in [4.78, 5) is 22.1. The van der Waals surface area contributed by atoms with Crippen LogP contribution in [0.4, 0.5) is 26.3 Å². The second kappa shape index (κ2) is 16.5. The molecule has 2 heterocycles. The predicted octanol–water partition coefficient (Wildman–Crippen LogP) is 6.44. The van der Waals surface area contributed by atoms with Gasteiger partial charge in [-0.2, -0.15) is 26.3 Å². The molecule has 43 heavy (non-hydrogen) atoms. The van der Waals surface area contributed by atoms with Gasteiger partial charge < -0.3 is 9.80 Å². The molecule has 0 saturated carbocycles. The number of hydrogen-bond donors (Lipinski definition) is 0. The maximum absolute atomic E-state index is 13.7. The number of carbonyl (C=O) groups excluding carboxylic acids is 1. The molecule has 14 heteroatoms. The van der Waals surface area contributed by atoms with Crippen molar-refractivity contribution < 1.29 is 31.1 Å². The molecule has 2 fully saturated rings. The largest absolute Gasteiger partial charge is 0.416 e. The summed E-state index contributed by atoms with van der Waals surface area (Å²) in [5.74, 6) is -0.229. The van der Waals surface area contributed by atoms with Crippen LogP contribution in [0.5, 0.6) is 0 Å². The molecule has 1 atom stereocenters. The van der Waals surface area contributed by atoms with Crippen LogP contribution in [0.2, 0.25) is 0 Å². The van der Waals surface area contributed by atoms with Crippen molar-refractivity contribution >= 4 is 43.1 Å². The molecule has 1 amide bonds. The fourth-order valence-electron chi connectivity index (χ4n) is 5.62. The number of nitrogens with zero attached hydrogens (tertiary/aromatic N) is 4. The van der Waals surface area contributed by atoms with Crippen molar-refractivity contribution in [2.24, 2.45) is 0 Å². The Hall–Kier alpha value is -1.76. The average molecular weight is 680 g/mol. The Balaban J connectivity index is 0.00000308. The molecule has 0 N–H and O–H groups in total. The highest BCUT2D eigenvalue weighted by molar-refractivity contribution is 5.86. The van der Waals surface area contributed by atoms with E-state index >= 15 is 0 Å². The highest BCUT2D eigenvalue weighted by atomic mass is 35.5. The first kappa shape index (κ1) is 39.3. The van der Waals surface area contributed by atoms with E-state index < -0.39 is 29.5 Å². The van der Waals surface area contributed by atoms with Crippen LogP contribution in [0.1, 0.15) is 41.1 Å². The lowest BCUT2D eigenvalue weighted by Gasteiger charge is -2.44. The number of piperazine rings is 1. The quantitative estimate of drug-likeness (QED) is 0.315. The minimum absolute atomic E-state index is 0. The molecule has 0 radical (unpaired) electrons. The van der Waals surface area contributed by atoms with Crippen molar-refractivity contribution in [2.75, 3.05) is 59.9 Å². The zero-order valence-corrected chi connectivity index (χ0v) is 26.5. The maximum Gasteiger partial charge on any atom is 0.416 e. The summed E-state index contributed by atoms with van der Waals surface area (Å²) in [6.45, 7) is 5.54. The number of alkyl halides is 6. The first-order valence-corrected chi connectivity index (χ1v) is 13.6. The molecular formula is C29H39Cl3F6N4O. The van der Waals surface area contributed by atoms with Crippen LogP contribution in [0, 0.1) is 0 Å². The molecule has 2 aliphatic rings. The molecule has 244 valence electrons. The van der Waals surface area contributed by atoms with E-state index in [0.717, 1.165) is 69.8 Å². The lowest BCUT2D eigenvalue weighted by Crippen LogP contribution is -2.53. The van der Waals surface area contributed by atoms with E-state index in [4.69, 9.17) is 0 Å². The number of halogens is 9. The summed E-state index contributed by atoms with van der Waals surface area (Å²) in [6.07, 6.45) is -8.11. The smallest absolute Gasteiger partial charge is 0.344 e. The molecule has 2 aromatic rings. The van der Waals surface area contributed by atoms with Gasteiger partial charge in [-0.3, -0.25) is 14.6 Å². The number of carbonyl (C=O) groups is 1. The van der Waals surface area contributed by atoms with E-state index in [-0.39, 0.29) is 67.7 Å². The van der Waals surface area contributed by atoms with Crippen LogP contribution in [-0.2, 0) is 23.6 Å². The van der Waals surface area contributed by atoms with E-state index in [0.29, 0.717) is 6.04 Å². The first-order valence-electron chi connectivity index (χ1n) is 13.6. The van der Waals surface area contributed by atoms with Gasteiger partial charge in [0, 0.05) is 58.9 Å². The Bertz CT molecular complexity index is 1110. The number of piperidine rings is 1. The van der Waals surface area contributed by atoms with Crippen LogP contribution in [0.25, 0.3) is 0 Å². The average Bonchev–Trinajstić information content (AvgIpc) is 2.92. The molecule has 0 spiro atoms. The number of rotatable bonds is 7. The summed E-state index contributed by atoms with van der Waals surface area (Å²) in [5, 5.41) is 0. The number of amides is 1. The van der Waals surface area contributed by atoms with Crippen LogP contribution in [0.15, 0.2) is 48.5 Å². The minimum atomic E-state index is -4.91. The van der Waals surface area contributed by atoms with Crippen molar-refractivity contribution in [1.82, 2.24) is 19.6 Å². The van der Waals surface area contributed by atoms with Crippen molar-refractivity contribution in [3.8, 4) is 0 Å². The second-order valence-electron chi connectivity index (χ2n) is 10.8. The van der Waals surface area contributed by atoms with Crippen molar-refractivity contribution in [1.29, 1.82) is 0 Å². The summed E-state index contributed by atoms with van der Waals surface area (Å²) in [5.41, 5.74) is -2.00. The van der Waals surface area contributed by atoms with Gasteiger partial charge in [0.05, 0.1) is 11.1 Å². The van der Waals surface area contributed by atoms with Crippen LogP contribution in [-0.4, -0.2) is 91.5 Å². The molecule has 1 unspecified atom stereocenters. The first-order chi connectivity index (χ1) is 18.8. The van der Waals surface area contributed by atoms with Gasteiger partial charge in [-0.1, -0.05) is 30.3 Å². The Kier molecular flexibility index (Phi) is 15.1. The standard InChI is InChI=1S/C29H36F6N4O.3ClH/c1-36-14-16-38(17-15-36)25-9-12-39(13-10-25)26(22-6-4-3-5-7-22)27(40)37(2)11-8-21-18-23(28(30,31)32)20-24(19-21)29(33,34)35;;;/h3-7,18-20,25-26H,8-17H2,1-2H3;3*1H. The Morgan fingerprint density at radius 1 is 0.837 bits per heavy atom. The van der Waals surface area contributed by atoms with Gasteiger partial charge >= 0.3 is 12.4 Å². The fourth-order valence-corrected chi connectivity index (χ4v) is 5.62. The molecule has 0 bridgehead atoms. The zero-order chi connectivity index (χ0) is 29.1. The third kappa shape index (κ3) is 10.4. The van der Waals surface area contributed by atoms with Crippen molar-refractivity contribution in [3.05, 3.63) is 70.8 Å². The normalized spacial score (nSPS) is 18.1. The van der Waals surface area contributed by atoms with Gasteiger partial charge in [0.1, 0.15) is 6.04 Å². The predicted molar refractivity (Wildman–Crippen MR) is 162 cm³/mol. The summed E-state index contributed by atoms with van der Waals surface area (Å²) in [6, 6.07) is 10.8. The van der Waals surface area contributed by atoms with E-state index in [1.165, 1.54) is 4.90 Å². The highest BCUT2D eigenvalue weighted by Crippen LogP contribution is 2.36. The van der Waals surface area contributed by atoms with Gasteiger partial charge in [-0.15, -0.1) is 37.2 Å². The van der Waals surface area contributed by atoms with Crippen molar-refractivity contribution in [3.63, 3.8) is 0 Å². The van der Waals surface area contributed by atoms with Gasteiger partial charge in [-0.25, -0.2) is 0 Å². The molecule has 2 aliphatic heterocycles. The summed E-state index contributed by atoms with van der Waals surface area (Å²) in [7, 11) is 3.67. The van der Waals surface area contributed by atoms with Crippen molar-refractivity contribution in [2.45, 2.75) is 43.7 Å². The topological polar surface area (TPSA) is 30.0 Å². The Morgan fingerprint density at radius 2 is 1.35 bits per heavy atom. The van der Waals surface area contributed by atoms with E-state index in [1.54, 1.807) is 7.05 Å². The number of benzene rings is 2. The third-order valence-electron chi connectivity index (χ3n) is 8.03. The SMILES string of the molecule is CN1CCN(C2CCN(C(C(=O)N(C)CCc3cc(C(F)(F)F)cc(C(F)(F)F)c3)c3ccccc3)CC2)CC1.Cl.Cl.Cl. The number of hydrogen-bond acceptors (Lipinski definition) is 4. The second-order valence-corrected chi connectivity index (χ2v) is 10.8. The Labute approximate surface area is 267 Å². The van der Waals surface area contributed by atoms with Crippen LogP contribution >= 0.6 is 37.2 Å². The molecule has 4 rings (SSSR count). The van der Waals surface area contributed by atoms with E-state index in [1.807, 2.05) is 30.3 Å².